The zero-order valence-electron chi connectivity index (χ0n) is 28.4. The molecule has 0 unspecified atom stereocenters. The number of hydrogen-bond acceptors (Lipinski definition) is 8. The zero-order valence-corrected chi connectivity index (χ0v) is 29.3. The van der Waals surface area contributed by atoms with Crippen molar-refractivity contribution in [3.8, 4) is 5.75 Å². The van der Waals surface area contributed by atoms with Crippen molar-refractivity contribution in [2.75, 3.05) is 58.7 Å². The predicted octanol–water partition coefficient (Wildman–Crippen LogP) is 4.22. The van der Waals surface area contributed by atoms with Crippen LogP contribution in [-0.2, 0) is 19.6 Å². The molecule has 1 heterocycles. The maximum atomic E-state index is 14.3. The number of sulfonamides is 1. The number of halogens is 1. The van der Waals surface area contributed by atoms with Gasteiger partial charge in [0.25, 0.3) is 15.9 Å². The summed E-state index contributed by atoms with van der Waals surface area (Å²) in [6, 6.07) is 8.34. The molecule has 262 valence electrons. The van der Waals surface area contributed by atoms with Crippen molar-refractivity contribution >= 4 is 27.5 Å². The van der Waals surface area contributed by atoms with Crippen molar-refractivity contribution in [2.24, 2.45) is 5.92 Å². The van der Waals surface area contributed by atoms with Crippen LogP contribution in [0.4, 0.5) is 10.1 Å². The SMILES string of the molecule is C[C@@H]1CN([C@@H](C)CO)C(=O)c2cc(NS(=O)(=O)c3ccc(F)cc3)ccc2O[C@@H](C)CCCCO[C@@H]1CN(C)C(=O)CCCN(C)C. The first kappa shape index (κ1) is 38.2. The molecule has 3 rings (SSSR count). The Morgan fingerprint density at radius 3 is 2.49 bits per heavy atom. The fraction of sp³-hybridized carbons (Fsp3) is 0.588. The van der Waals surface area contributed by atoms with E-state index in [1.54, 1.807) is 24.9 Å². The molecule has 0 bridgehead atoms. The Morgan fingerprint density at radius 2 is 1.83 bits per heavy atom. The number of carbonyl (C=O) groups excluding carboxylic acids is 2. The largest absolute Gasteiger partial charge is 0.490 e. The summed E-state index contributed by atoms with van der Waals surface area (Å²) < 4.78 is 54.6. The van der Waals surface area contributed by atoms with Gasteiger partial charge in [0.2, 0.25) is 5.91 Å². The van der Waals surface area contributed by atoms with Gasteiger partial charge in [0.15, 0.2) is 0 Å². The van der Waals surface area contributed by atoms with E-state index in [1.165, 1.54) is 17.0 Å². The number of anilines is 1. The van der Waals surface area contributed by atoms with E-state index in [-0.39, 0.29) is 53.3 Å². The maximum Gasteiger partial charge on any atom is 0.261 e. The van der Waals surface area contributed by atoms with E-state index in [2.05, 4.69) is 4.72 Å². The Bertz CT molecular complexity index is 1420. The number of carbonyl (C=O) groups is 2. The number of nitrogens with one attached hydrogen (secondary N) is 1. The van der Waals surface area contributed by atoms with Gasteiger partial charge in [-0.25, -0.2) is 12.8 Å². The summed E-state index contributed by atoms with van der Waals surface area (Å²) in [6.07, 6.45) is 2.83. The summed E-state index contributed by atoms with van der Waals surface area (Å²) in [7, 11) is 1.62. The van der Waals surface area contributed by atoms with Gasteiger partial charge in [-0.3, -0.25) is 14.3 Å². The quantitative estimate of drug-likeness (QED) is 0.362. The highest BCUT2D eigenvalue weighted by Gasteiger charge is 2.31. The molecule has 0 saturated heterocycles. The average molecular weight is 679 g/mol. The van der Waals surface area contributed by atoms with E-state index in [1.807, 2.05) is 32.8 Å². The van der Waals surface area contributed by atoms with Gasteiger partial charge in [0.05, 0.1) is 35.3 Å². The van der Waals surface area contributed by atoms with Crippen LogP contribution in [0.5, 0.6) is 5.75 Å². The highest BCUT2D eigenvalue weighted by molar-refractivity contribution is 7.92. The van der Waals surface area contributed by atoms with Crippen LogP contribution >= 0.6 is 0 Å². The van der Waals surface area contributed by atoms with E-state index in [0.29, 0.717) is 31.7 Å². The zero-order chi connectivity index (χ0) is 34.7. The Hall–Kier alpha value is -3.26. The fourth-order valence-corrected chi connectivity index (χ4v) is 6.44. The van der Waals surface area contributed by atoms with Crippen LogP contribution in [0, 0.1) is 11.7 Å². The fourth-order valence-electron chi connectivity index (χ4n) is 5.39. The van der Waals surface area contributed by atoms with Crippen molar-refractivity contribution in [2.45, 2.75) is 76.0 Å². The number of benzene rings is 2. The van der Waals surface area contributed by atoms with Gasteiger partial charge in [-0.2, -0.15) is 0 Å². The number of nitrogens with zero attached hydrogens (tertiary/aromatic N) is 3. The normalized spacial score (nSPS) is 20.6. The molecule has 1 aliphatic heterocycles. The van der Waals surface area contributed by atoms with E-state index in [0.717, 1.165) is 50.1 Å². The summed E-state index contributed by atoms with van der Waals surface area (Å²) in [5.74, 6) is -0.925. The minimum Gasteiger partial charge on any atom is -0.490 e. The Balaban J connectivity index is 1.93. The topological polar surface area (TPSA) is 129 Å². The second kappa shape index (κ2) is 17.8. The molecule has 2 aromatic carbocycles. The molecular weight excluding hydrogens is 627 g/mol. The molecule has 2 aromatic rings. The Kier molecular flexibility index (Phi) is 14.4. The van der Waals surface area contributed by atoms with Gasteiger partial charge in [-0.15, -0.1) is 0 Å². The molecule has 13 heteroatoms. The first-order chi connectivity index (χ1) is 22.2. The molecule has 2 N–H and O–H groups in total. The van der Waals surface area contributed by atoms with Crippen molar-refractivity contribution in [1.82, 2.24) is 14.7 Å². The van der Waals surface area contributed by atoms with Crippen LogP contribution in [0.1, 0.15) is 63.2 Å². The molecule has 0 saturated carbocycles. The molecule has 2 amide bonds. The van der Waals surface area contributed by atoms with Crippen molar-refractivity contribution < 1.29 is 37.0 Å². The second-order valence-electron chi connectivity index (χ2n) is 12.8. The first-order valence-electron chi connectivity index (χ1n) is 16.2. The van der Waals surface area contributed by atoms with Crippen molar-refractivity contribution in [3.05, 3.63) is 53.8 Å². The van der Waals surface area contributed by atoms with Crippen molar-refractivity contribution in [1.29, 1.82) is 0 Å². The lowest BCUT2D eigenvalue weighted by atomic mass is 10.0. The van der Waals surface area contributed by atoms with Crippen LogP contribution in [0.15, 0.2) is 47.4 Å². The van der Waals surface area contributed by atoms with Gasteiger partial charge in [-0.05, 0) is 103 Å². The third-order valence-electron chi connectivity index (χ3n) is 8.30. The summed E-state index contributed by atoms with van der Waals surface area (Å²) in [4.78, 5) is 32.4. The van der Waals surface area contributed by atoms with Gasteiger partial charge in [-0.1, -0.05) is 6.92 Å². The van der Waals surface area contributed by atoms with Gasteiger partial charge < -0.3 is 29.3 Å². The summed E-state index contributed by atoms with van der Waals surface area (Å²) >= 11 is 0. The lowest BCUT2D eigenvalue weighted by Gasteiger charge is -2.36. The van der Waals surface area contributed by atoms with Gasteiger partial charge >= 0.3 is 0 Å². The molecule has 0 spiro atoms. The minimum absolute atomic E-state index is 0.0224. The monoisotopic (exact) mass is 678 g/mol. The lowest BCUT2D eigenvalue weighted by molar-refractivity contribution is -0.132. The minimum atomic E-state index is -4.09. The summed E-state index contributed by atoms with van der Waals surface area (Å²) in [6.45, 7) is 7.14. The smallest absolute Gasteiger partial charge is 0.261 e. The highest BCUT2D eigenvalue weighted by atomic mass is 32.2. The number of rotatable bonds is 11. The van der Waals surface area contributed by atoms with Gasteiger partial charge in [0.1, 0.15) is 11.6 Å². The highest BCUT2D eigenvalue weighted by Crippen LogP contribution is 2.29. The number of amides is 2. The third-order valence-corrected chi connectivity index (χ3v) is 9.70. The van der Waals surface area contributed by atoms with E-state index < -0.39 is 27.8 Å². The molecular formula is C34H51FN4O7S. The van der Waals surface area contributed by atoms with E-state index in [9.17, 15) is 27.5 Å². The third kappa shape index (κ3) is 11.4. The van der Waals surface area contributed by atoms with Crippen LogP contribution in [0.25, 0.3) is 0 Å². The average Bonchev–Trinajstić information content (AvgIpc) is 3.02. The maximum absolute atomic E-state index is 14.3. The van der Waals surface area contributed by atoms with E-state index in [4.69, 9.17) is 9.47 Å². The molecule has 0 fully saturated rings. The number of likely N-dealkylation sites (N-methyl/N-ethyl adjacent to an activating group) is 1. The predicted molar refractivity (Wildman–Crippen MR) is 180 cm³/mol. The number of fused-ring (bicyclic) bond motifs is 1. The van der Waals surface area contributed by atoms with Crippen LogP contribution in [-0.4, -0.2) is 112 Å². The van der Waals surface area contributed by atoms with Gasteiger partial charge in [0, 0.05) is 44.8 Å². The second-order valence-corrected chi connectivity index (χ2v) is 14.4. The molecule has 0 radical (unpaired) electrons. The summed E-state index contributed by atoms with van der Waals surface area (Å²) in [5.41, 5.74) is 0.255. The Morgan fingerprint density at radius 1 is 1.13 bits per heavy atom. The molecule has 4 atom stereocenters. The molecule has 47 heavy (non-hydrogen) atoms. The number of hydrogen-bond donors (Lipinski definition) is 2. The van der Waals surface area contributed by atoms with Crippen molar-refractivity contribution in [3.63, 3.8) is 0 Å². The van der Waals surface area contributed by atoms with Crippen LogP contribution < -0.4 is 9.46 Å². The molecule has 11 nitrogen and oxygen atoms in total. The lowest BCUT2D eigenvalue weighted by Crippen LogP contribution is -2.48. The summed E-state index contributed by atoms with van der Waals surface area (Å²) in [5, 5.41) is 10.2. The molecule has 1 aliphatic rings. The standard InChI is InChI=1S/C34H51FN4O7S/c1-24-21-39(25(2)23-40)34(42)30-20-28(36-47(43,44)29-15-12-27(35)13-16-29)14-17-31(30)46-26(3)10-7-8-19-45-32(24)22-38(6)33(41)11-9-18-37(4)5/h12-17,20,24-26,32,36,40H,7-11,18-19,21-23H2,1-6H3/t24-,25+,26+,32-/m1/s1. The molecule has 0 aromatic heterocycles. The number of aliphatic hydroxyl groups is 1. The number of aliphatic hydroxyl groups excluding tert-OH is 1. The van der Waals surface area contributed by atoms with Crippen LogP contribution in [0.2, 0.25) is 0 Å². The molecule has 0 aliphatic carbocycles. The Labute approximate surface area is 279 Å². The van der Waals surface area contributed by atoms with E-state index >= 15 is 0 Å². The number of ether oxygens (including phenoxy) is 2. The first-order valence-corrected chi connectivity index (χ1v) is 17.7. The van der Waals surface area contributed by atoms with Crippen LogP contribution in [0.3, 0.4) is 0 Å².